The van der Waals surface area contributed by atoms with Gasteiger partial charge in [-0.1, -0.05) is 44.2 Å². The average molecular weight is 345 g/mol. The molecule has 0 spiro atoms. The Morgan fingerprint density at radius 2 is 1.96 bits per heavy atom. The van der Waals surface area contributed by atoms with Gasteiger partial charge in [-0.25, -0.2) is 9.59 Å². The molecular weight excluding hydrogens is 316 g/mol. The molecule has 3 amide bonds. The average Bonchev–Trinajstić information content (AvgIpc) is 2.99. The summed E-state index contributed by atoms with van der Waals surface area (Å²) < 4.78 is -0.130. The maximum atomic E-state index is 13.1. The number of nitrogens with one attached hydrogen (secondary N) is 1. The maximum Gasteiger partial charge on any atom is 0.324 e. The van der Waals surface area contributed by atoms with E-state index in [0.29, 0.717) is 13.1 Å². The lowest BCUT2D eigenvalue weighted by molar-refractivity contribution is -0.782. The SMILES string of the molecule is CC(C)C(CC(=O)NCc1ccccc1)C(=O)[N+]1(C=O)CCC[C@H]1C. The maximum absolute atomic E-state index is 13.1. The molecule has 1 heterocycles. The molecule has 1 fully saturated rings. The Bertz CT molecular complexity index is 615. The standard InChI is InChI=1S/C20H28N2O3/c1-15(2)18(20(25)22(14-23)11-7-8-16(22)3)12-19(24)21-13-17-9-5-4-6-10-17/h4-6,9-10,14-16,18H,7-8,11-13H2,1-3H3/p+1/t16-,18?,22?/m1/s1. The molecule has 1 aromatic rings. The molecular formula is C20H29N2O3+. The zero-order chi connectivity index (χ0) is 18.4. The molecule has 2 rings (SSSR count). The highest BCUT2D eigenvalue weighted by Gasteiger charge is 2.49. The lowest BCUT2D eigenvalue weighted by Crippen LogP contribution is -2.57. The van der Waals surface area contributed by atoms with Crippen LogP contribution in [-0.4, -0.2) is 35.3 Å². The molecule has 25 heavy (non-hydrogen) atoms. The summed E-state index contributed by atoms with van der Waals surface area (Å²) in [4.78, 5) is 37.2. The van der Waals surface area contributed by atoms with E-state index in [2.05, 4.69) is 5.32 Å². The number of nitrogens with zero attached hydrogens (tertiary/aromatic N) is 1. The van der Waals surface area contributed by atoms with Gasteiger partial charge < -0.3 is 5.32 Å². The summed E-state index contributed by atoms with van der Waals surface area (Å²) in [5.74, 6) is -0.684. The Kier molecular flexibility index (Phi) is 6.48. The largest absolute Gasteiger partial charge is 0.352 e. The fourth-order valence-corrected chi connectivity index (χ4v) is 3.62. The molecule has 3 atom stereocenters. The van der Waals surface area contributed by atoms with Gasteiger partial charge in [0, 0.05) is 25.8 Å². The third kappa shape index (κ3) is 4.34. The van der Waals surface area contributed by atoms with Crippen molar-refractivity contribution in [2.45, 2.75) is 52.6 Å². The van der Waals surface area contributed by atoms with Gasteiger partial charge in [-0.05, 0) is 18.4 Å². The first-order chi connectivity index (χ1) is 11.9. The number of amides is 3. The lowest BCUT2D eigenvalue weighted by atomic mass is 9.89. The second-order valence-corrected chi connectivity index (χ2v) is 7.41. The fourth-order valence-electron chi connectivity index (χ4n) is 3.62. The Morgan fingerprint density at radius 3 is 2.48 bits per heavy atom. The molecule has 5 nitrogen and oxygen atoms in total. The zero-order valence-electron chi connectivity index (χ0n) is 15.4. The second-order valence-electron chi connectivity index (χ2n) is 7.41. The second kappa shape index (κ2) is 8.39. The van der Waals surface area contributed by atoms with Crippen molar-refractivity contribution in [1.29, 1.82) is 0 Å². The molecule has 0 aliphatic carbocycles. The van der Waals surface area contributed by atoms with Crippen molar-refractivity contribution in [3.8, 4) is 0 Å². The molecule has 136 valence electrons. The molecule has 1 aromatic carbocycles. The number of imide groups is 1. The molecule has 1 saturated heterocycles. The number of benzene rings is 1. The topological polar surface area (TPSA) is 63.2 Å². The number of hydrogen-bond donors (Lipinski definition) is 1. The van der Waals surface area contributed by atoms with E-state index in [0.717, 1.165) is 24.8 Å². The first kappa shape index (κ1) is 19.3. The van der Waals surface area contributed by atoms with Crippen molar-refractivity contribution in [1.82, 2.24) is 5.32 Å². The summed E-state index contributed by atoms with van der Waals surface area (Å²) in [6, 6.07) is 9.67. The van der Waals surface area contributed by atoms with E-state index in [9.17, 15) is 14.4 Å². The number of carbonyl (C=O) groups excluding carboxylic acids is 3. The van der Waals surface area contributed by atoms with Crippen LogP contribution in [0.2, 0.25) is 0 Å². The Morgan fingerprint density at radius 1 is 1.28 bits per heavy atom. The van der Waals surface area contributed by atoms with E-state index < -0.39 is 5.92 Å². The predicted octanol–water partition coefficient (Wildman–Crippen LogP) is 2.65. The Hall–Kier alpha value is -2.01. The van der Waals surface area contributed by atoms with Gasteiger partial charge >= 0.3 is 12.3 Å². The number of likely N-dealkylation sites (tertiary alicyclic amines) is 1. The van der Waals surface area contributed by atoms with E-state index in [4.69, 9.17) is 0 Å². The number of carbonyl (C=O) groups is 3. The summed E-state index contributed by atoms with van der Waals surface area (Å²) in [6.45, 7) is 6.83. The predicted molar refractivity (Wildman–Crippen MR) is 96.1 cm³/mol. The summed E-state index contributed by atoms with van der Waals surface area (Å²) in [6.07, 6.45) is 2.66. The van der Waals surface area contributed by atoms with Gasteiger partial charge in [0.1, 0.15) is 6.04 Å². The Balaban J connectivity index is 2.03. The zero-order valence-corrected chi connectivity index (χ0v) is 15.4. The van der Waals surface area contributed by atoms with E-state index in [1.165, 1.54) is 0 Å². The highest BCUT2D eigenvalue weighted by molar-refractivity contribution is 5.85. The molecule has 5 heteroatoms. The Labute approximate surface area is 150 Å². The van der Waals surface area contributed by atoms with Crippen LogP contribution in [0.5, 0.6) is 0 Å². The highest BCUT2D eigenvalue weighted by Crippen LogP contribution is 2.31. The summed E-state index contributed by atoms with van der Waals surface area (Å²) >= 11 is 0. The van der Waals surface area contributed by atoms with Gasteiger partial charge in [-0.3, -0.25) is 4.79 Å². The smallest absolute Gasteiger partial charge is 0.324 e. The van der Waals surface area contributed by atoms with Crippen molar-refractivity contribution < 1.29 is 18.9 Å². The third-order valence-corrected chi connectivity index (χ3v) is 5.39. The van der Waals surface area contributed by atoms with E-state index in [1.54, 1.807) is 0 Å². The third-order valence-electron chi connectivity index (χ3n) is 5.39. The van der Waals surface area contributed by atoms with Gasteiger partial charge in [0.15, 0.2) is 0 Å². The molecule has 2 unspecified atom stereocenters. The quantitative estimate of drug-likeness (QED) is 0.610. The fraction of sp³-hybridized carbons (Fsp3) is 0.550. The highest BCUT2D eigenvalue weighted by atomic mass is 16.2. The summed E-state index contributed by atoms with van der Waals surface area (Å²) in [5.41, 5.74) is 1.02. The number of hydrogen-bond acceptors (Lipinski definition) is 3. The summed E-state index contributed by atoms with van der Waals surface area (Å²) in [5, 5.41) is 2.89. The van der Waals surface area contributed by atoms with E-state index in [-0.39, 0.29) is 34.7 Å². The van der Waals surface area contributed by atoms with Crippen molar-refractivity contribution in [2.24, 2.45) is 11.8 Å². The van der Waals surface area contributed by atoms with Gasteiger partial charge in [0.25, 0.3) is 0 Å². The van der Waals surface area contributed by atoms with Crippen molar-refractivity contribution in [2.75, 3.05) is 6.54 Å². The molecule has 0 bridgehead atoms. The minimum atomic E-state index is -0.443. The van der Waals surface area contributed by atoms with Crippen LogP contribution in [-0.2, 0) is 20.9 Å². The van der Waals surface area contributed by atoms with Crippen LogP contribution in [0.1, 0.15) is 45.6 Å². The van der Waals surface area contributed by atoms with Gasteiger partial charge in [-0.15, -0.1) is 0 Å². The van der Waals surface area contributed by atoms with Crippen LogP contribution >= 0.6 is 0 Å². The van der Waals surface area contributed by atoms with Crippen LogP contribution in [0.15, 0.2) is 30.3 Å². The van der Waals surface area contributed by atoms with Gasteiger partial charge in [0.2, 0.25) is 5.91 Å². The summed E-state index contributed by atoms with van der Waals surface area (Å²) in [7, 11) is 0. The number of quaternary nitrogens is 1. The van der Waals surface area contributed by atoms with E-state index in [1.807, 2.05) is 51.1 Å². The minimum absolute atomic E-state index is 0.00127. The molecule has 1 aliphatic rings. The van der Waals surface area contributed by atoms with E-state index >= 15 is 0 Å². The first-order valence-corrected chi connectivity index (χ1v) is 9.09. The van der Waals surface area contributed by atoms with Gasteiger partial charge in [-0.2, -0.15) is 4.48 Å². The van der Waals surface area contributed by atoms with Crippen LogP contribution < -0.4 is 5.32 Å². The monoisotopic (exact) mass is 345 g/mol. The van der Waals surface area contributed by atoms with Crippen LogP contribution in [0.25, 0.3) is 0 Å². The molecule has 1 N–H and O–H groups in total. The molecule has 1 aliphatic heterocycles. The molecule has 0 saturated carbocycles. The van der Waals surface area contributed by atoms with Crippen LogP contribution in [0.4, 0.5) is 0 Å². The van der Waals surface area contributed by atoms with Crippen LogP contribution in [0.3, 0.4) is 0 Å². The van der Waals surface area contributed by atoms with Crippen molar-refractivity contribution >= 4 is 18.2 Å². The molecule has 0 aromatic heterocycles. The van der Waals surface area contributed by atoms with Crippen LogP contribution in [0, 0.1) is 11.8 Å². The molecule has 0 radical (unpaired) electrons. The van der Waals surface area contributed by atoms with Crippen molar-refractivity contribution in [3.63, 3.8) is 0 Å². The normalized spacial score (nSPS) is 24.1. The minimum Gasteiger partial charge on any atom is -0.352 e. The van der Waals surface area contributed by atoms with Gasteiger partial charge in [0.05, 0.1) is 12.5 Å². The number of rotatable bonds is 7. The first-order valence-electron chi connectivity index (χ1n) is 9.09. The van der Waals surface area contributed by atoms with Crippen molar-refractivity contribution in [3.05, 3.63) is 35.9 Å². The lowest BCUT2D eigenvalue weighted by Gasteiger charge is -2.33.